The Balaban J connectivity index is 2.34. The van der Waals surface area contributed by atoms with Crippen LogP contribution in [-0.4, -0.2) is 25.6 Å². The van der Waals surface area contributed by atoms with Crippen molar-refractivity contribution in [1.29, 1.82) is 0 Å². The van der Waals surface area contributed by atoms with E-state index in [0.29, 0.717) is 21.8 Å². The van der Waals surface area contributed by atoms with Crippen molar-refractivity contribution in [2.24, 2.45) is 5.73 Å². The molecule has 0 radical (unpaired) electrons. The van der Waals surface area contributed by atoms with Crippen molar-refractivity contribution in [3.63, 3.8) is 0 Å². The van der Waals surface area contributed by atoms with Crippen LogP contribution in [0, 0.1) is 0 Å². The van der Waals surface area contributed by atoms with Gasteiger partial charge in [-0.15, -0.1) is 0 Å². The highest BCUT2D eigenvalue weighted by Crippen LogP contribution is 2.39. The summed E-state index contributed by atoms with van der Waals surface area (Å²) in [5, 5.41) is 0.417. The second-order valence-electron chi connectivity index (χ2n) is 5.85. The summed E-state index contributed by atoms with van der Waals surface area (Å²) in [7, 11) is -3.62. The first kappa shape index (κ1) is 19.4. The van der Waals surface area contributed by atoms with E-state index in [1.54, 1.807) is 36.5 Å². The topological polar surface area (TPSA) is 90.1 Å². The van der Waals surface area contributed by atoms with E-state index in [0.717, 1.165) is 6.26 Å². The Morgan fingerprint density at radius 1 is 1.07 bits per heavy atom. The molecular weight excluding hydrogens is 407 g/mol. The Hall–Kier alpha value is -2.41. The van der Waals surface area contributed by atoms with Gasteiger partial charge < -0.3 is 5.73 Å². The van der Waals surface area contributed by atoms with Gasteiger partial charge in [0.15, 0.2) is 9.84 Å². The molecule has 1 aromatic heterocycles. The maximum absolute atomic E-state index is 12.3. The lowest BCUT2D eigenvalue weighted by Gasteiger charge is -2.14. The SMILES string of the molecule is CS(=O)(=O)c1ccc(C(N)=O)c(Cl)c1-c1ccc(Cl)c(-c2ccccn2)c1. The lowest BCUT2D eigenvalue weighted by atomic mass is 9.99. The Labute approximate surface area is 166 Å². The van der Waals surface area contributed by atoms with Crippen molar-refractivity contribution < 1.29 is 13.2 Å². The third-order valence-corrected chi connectivity index (χ3v) is 5.83. The van der Waals surface area contributed by atoms with Crippen molar-refractivity contribution in [3.8, 4) is 22.4 Å². The largest absolute Gasteiger partial charge is 0.366 e. The molecule has 0 aliphatic rings. The second-order valence-corrected chi connectivity index (χ2v) is 8.62. The molecule has 3 aromatic rings. The van der Waals surface area contributed by atoms with Gasteiger partial charge in [0.2, 0.25) is 5.91 Å². The van der Waals surface area contributed by atoms with Gasteiger partial charge in [0, 0.05) is 28.6 Å². The van der Waals surface area contributed by atoms with E-state index in [1.165, 1.54) is 12.1 Å². The smallest absolute Gasteiger partial charge is 0.250 e. The van der Waals surface area contributed by atoms with E-state index in [9.17, 15) is 13.2 Å². The minimum atomic E-state index is -3.62. The number of carbonyl (C=O) groups is 1. The molecule has 3 rings (SSSR count). The number of carbonyl (C=O) groups excluding carboxylic acids is 1. The fourth-order valence-electron chi connectivity index (χ4n) is 2.73. The molecule has 5 nitrogen and oxygen atoms in total. The number of halogens is 2. The summed E-state index contributed by atoms with van der Waals surface area (Å²) in [4.78, 5) is 15.9. The molecule has 0 atom stereocenters. The predicted octanol–water partition coefficient (Wildman–Crippen LogP) is 4.22. The third kappa shape index (κ3) is 3.83. The van der Waals surface area contributed by atoms with E-state index in [4.69, 9.17) is 28.9 Å². The number of sulfone groups is 1. The van der Waals surface area contributed by atoms with Gasteiger partial charge in [-0.1, -0.05) is 35.3 Å². The molecule has 1 heterocycles. The summed E-state index contributed by atoms with van der Waals surface area (Å²) in [6, 6.07) is 12.9. The lowest BCUT2D eigenvalue weighted by Crippen LogP contribution is -2.13. The lowest BCUT2D eigenvalue weighted by molar-refractivity contribution is 0.100. The van der Waals surface area contributed by atoms with E-state index in [2.05, 4.69) is 4.98 Å². The maximum atomic E-state index is 12.3. The van der Waals surface area contributed by atoms with Crippen molar-refractivity contribution >= 4 is 38.9 Å². The molecule has 1 amide bonds. The number of primary amides is 1. The normalized spacial score (nSPS) is 11.4. The first-order valence-electron chi connectivity index (χ1n) is 7.74. The van der Waals surface area contributed by atoms with Crippen molar-refractivity contribution in [2.45, 2.75) is 4.90 Å². The van der Waals surface area contributed by atoms with Gasteiger partial charge in [-0.05, 0) is 42.0 Å². The number of rotatable bonds is 4. The second kappa shape index (κ2) is 7.31. The molecule has 138 valence electrons. The molecule has 2 N–H and O–H groups in total. The third-order valence-electron chi connectivity index (χ3n) is 3.96. The van der Waals surface area contributed by atoms with Crippen LogP contribution in [0.4, 0.5) is 0 Å². The van der Waals surface area contributed by atoms with Gasteiger partial charge in [-0.3, -0.25) is 9.78 Å². The molecule has 0 unspecified atom stereocenters. The summed E-state index contributed by atoms with van der Waals surface area (Å²) in [6.45, 7) is 0. The molecule has 0 aliphatic heterocycles. The van der Waals surface area contributed by atoms with Crippen LogP contribution in [-0.2, 0) is 9.84 Å². The Morgan fingerprint density at radius 3 is 2.41 bits per heavy atom. The van der Waals surface area contributed by atoms with Crippen LogP contribution in [0.3, 0.4) is 0 Å². The Kier molecular flexibility index (Phi) is 5.24. The van der Waals surface area contributed by atoms with Gasteiger partial charge in [0.25, 0.3) is 0 Å². The van der Waals surface area contributed by atoms with Crippen LogP contribution in [0.25, 0.3) is 22.4 Å². The minimum absolute atomic E-state index is 0.00760. The van der Waals surface area contributed by atoms with Crippen LogP contribution in [0.1, 0.15) is 10.4 Å². The van der Waals surface area contributed by atoms with Crippen LogP contribution in [0.2, 0.25) is 10.0 Å². The molecule has 2 aromatic carbocycles. The minimum Gasteiger partial charge on any atom is -0.366 e. The molecule has 0 fully saturated rings. The molecule has 0 spiro atoms. The number of hydrogen-bond donors (Lipinski definition) is 1. The maximum Gasteiger partial charge on any atom is 0.250 e. The number of nitrogens with zero attached hydrogens (tertiary/aromatic N) is 1. The Bertz CT molecular complexity index is 1150. The Morgan fingerprint density at radius 2 is 1.81 bits per heavy atom. The first-order chi connectivity index (χ1) is 12.7. The number of aromatic nitrogens is 1. The van der Waals surface area contributed by atoms with Gasteiger partial charge in [0.05, 0.1) is 21.2 Å². The summed E-state index contributed by atoms with van der Waals surface area (Å²) in [6.07, 6.45) is 2.70. The number of amides is 1. The van der Waals surface area contributed by atoms with Crippen molar-refractivity contribution in [2.75, 3.05) is 6.26 Å². The number of hydrogen-bond acceptors (Lipinski definition) is 4. The van der Waals surface area contributed by atoms with E-state index < -0.39 is 15.7 Å². The summed E-state index contributed by atoms with van der Waals surface area (Å²) < 4.78 is 24.5. The average Bonchev–Trinajstić information content (AvgIpc) is 2.61. The summed E-state index contributed by atoms with van der Waals surface area (Å²) in [5.74, 6) is -0.750. The predicted molar refractivity (Wildman–Crippen MR) is 107 cm³/mol. The molecule has 0 saturated heterocycles. The van der Waals surface area contributed by atoms with E-state index in [-0.39, 0.29) is 21.0 Å². The molecule has 27 heavy (non-hydrogen) atoms. The average molecular weight is 421 g/mol. The van der Waals surface area contributed by atoms with Crippen molar-refractivity contribution in [1.82, 2.24) is 4.98 Å². The molecular formula is C19H14Cl2N2O3S. The van der Waals surface area contributed by atoms with E-state index >= 15 is 0 Å². The summed E-state index contributed by atoms with van der Waals surface area (Å²) >= 11 is 12.7. The fourth-order valence-corrected chi connectivity index (χ4v) is 4.27. The monoisotopic (exact) mass is 420 g/mol. The zero-order valence-corrected chi connectivity index (χ0v) is 16.4. The van der Waals surface area contributed by atoms with Gasteiger partial charge in [-0.25, -0.2) is 8.42 Å². The van der Waals surface area contributed by atoms with Gasteiger partial charge in [-0.2, -0.15) is 0 Å². The summed E-state index contributed by atoms with van der Waals surface area (Å²) in [5.41, 5.74) is 7.30. The molecule has 0 bridgehead atoms. The van der Waals surface area contributed by atoms with Gasteiger partial charge in [0.1, 0.15) is 0 Å². The van der Waals surface area contributed by atoms with Crippen LogP contribution >= 0.6 is 23.2 Å². The van der Waals surface area contributed by atoms with Crippen LogP contribution < -0.4 is 5.73 Å². The number of nitrogens with two attached hydrogens (primary N) is 1. The quantitative estimate of drug-likeness (QED) is 0.683. The van der Waals surface area contributed by atoms with Gasteiger partial charge >= 0.3 is 0 Å². The first-order valence-corrected chi connectivity index (χ1v) is 10.4. The van der Waals surface area contributed by atoms with Crippen molar-refractivity contribution in [3.05, 3.63) is 70.3 Å². The number of pyridine rings is 1. The fraction of sp³-hybridized carbons (Fsp3) is 0.0526. The highest BCUT2D eigenvalue weighted by Gasteiger charge is 2.22. The van der Waals surface area contributed by atoms with E-state index in [1.807, 2.05) is 6.07 Å². The zero-order valence-electron chi connectivity index (χ0n) is 14.1. The van der Waals surface area contributed by atoms with Crippen LogP contribution in [0.5, 0.6) is 0 Å². The molecule has 8 heteroatoms. The van der Waals surface area contributed by atoms with Crippen LogP contribution in [0.15, 0.2) is 59.6 Å². The zero-order chi connectivity index (χ0) is 19.8. The highest BCUT2D eigenvalue weighted by atomic mass is 35.5. The standard InChI is InChI=1S/C19H14Cl2N2O3S/c1-27(25,26)16-8-6-12(19(22)24)18(21)17(16)11-5-7-14(20)13(10-11)15-4-2-3-9-23-15/h2-10H,1H3,(H2,22,24). The molecule has 0 saturated carbocycles. The highest BCUT2D eigenvalue weighted by molar-refractivity contribution is 7.90. The number of benzene rings is 2. The molecule has 0 aliphatic carbocycles.